The molecule has 1 heterocycles. The first-order chi connectivity index (χ1) is 6.62. The van der Waals surface area contributed by atoms with Gasteiger partial charge >= 0.3 is 5.88 Å². The molecule has 0 aliphatic carbocycles. The van der Waals surface area contributed by atoms with E-state index < -0.39 is 0 Å². The van der Waals surface area contributed by atoms with Gasteiger partial charge in [0.05, 0.1) is 0 Å². The molecule has 0 saturated carbocycles. The summed E-state index contributed by atoms with van der Waals surface area (Å²) in [6.07, 6.45) is 7.04. The Morgan fingerprint density at radius 1 is 1.57 bits per heavy atom. The Labute approximate surface area is 86.6 Å². The van der Waals surface area contributed by atoms with Gasteiger partial charge in [-0.25, -0.2) is 5.43 Å². The van der Waals surface area contributed by atoms with Crippen LogP contribution >= 0.6 is 0 Å². The second kappa shape index (κ2) is 4.51. The zero-order valence-electron chi connectivity index (χ0n) is 9.29. The molecule has 0 saturated heterocycles. The molecule has 1 aliphatic heterocycles. The van der Waals surface area contributed by atoms with Gasteiger partial charge in [-0.3, -0.25) is 0 Å². The number of nitrogens with one attached hydrogen (secondary N) is 1. The molecule has 1 radical (unpaired) electrons. The molecular weight excluding hydrogens is 176 g/mol. The molecule has 0 aromatic rings. The Bertz CT molecular complexity index is 248. The predicted octanol–water partition coefficient (Wildman–Crippen LogP) is 2.30. The van der Waals surface area contributed by atoms with E-state index in [2.05, 4.69) is 33.2 Å². The zero-order chi connectivity index (χ0) is 10.6. The lowest BCUT2D eigenvalue weighted by Crippen LogP contribution is -2.51. The van der Waals surface area contributed by atoms with E-state index >= 15 is 0 Å². The Kier molecular flexibility index (Phi) is 3.58. The Morgan fingerprint density at radius 2 is 2.29 bits per heavy atom. The third kappa shape index (κ3) is 2.29. The summed E-state index contributed by atoms with van der Waals surface area (Å²) in [4.78, 5) is 0. The molecule has 2 atom stereocenters. The molecule has 0 spiro atoms. The fourth-order valence-electron chi connectivity index (χ4n) is 1.20. The molecule has 14 heavy (non-hydrogen) atoms. The lowest BCUT2D eigenvalue weighted by molar-refractivity contribution is -0.901. The van der Waals surface area contributed by atoms with Crippen LogP contribution in [0.15, 0.2) is 24.2 Å². The predicted molar refractivity (Wildman–Crippen MR) is 57.4 cm³/mol. The minimum atomic E-state index is 0.236. The highest BCUT2D eigenvalue weighted by Crippen LogP contribution is 2.19. The maximum Gasteiger partial charge on any atom is 0.316 e. The second-order valence-corrected chi connectivity index (χ2v) is 3.61. The first-order valence-electron chi connectivity index (χ1n) is 5.16. The van der Waals surface area contributed by atoms with Crippen molar-refractivity contribution in [3.8, 4) is 0 Å². The highest BCUT2D eigenvalue weighted by molar-refractivity contribution is 5.06. The molecular formula is C11H20N2O+. The fourth-order valence-corrected chi connectivity index (χ4v) is 1.20. The molecule has 3 nitrogen and oxygen atoms in total. The number of rotatable bonds is 4. The van der Waals surface area contributed by atoms with Gasteiger partial charge in [0.2, 0.25) is 0 Å². The van der Waals surface area contributed by atoms with Crippen molar-refractivity contribution in [2.75, 3.05) is 6.54 Å². The first kappa shape index (κ1) is 11.1. The van der Waals surface area contributed by atoms with E-state index in [4.69, 9.17) is 4.74 Å². The summed E-state index contributed by atoms with van der Waals surface area (Å²) in [5, 5.41) is 0. The zero-order valence-corrected chi connectivity index (χ0v) is 9.29. The third-order valence-electron chi connectivity index (χ3n) is 2.52. The summed E-state index contributed by atoms with van der Waals surface area (Å²) in [5.41, 5.74) is 3.18. The third-order valence-corrected chi connectivity index (χ3v) is 2.52. The highest BCUT2D eigenvalue weighted by Gasteiger charge is 2.30. The van der Waals surface area contributed by atoms with Crippen LogP contribution in [0.5, 0.6) is 0 Å². The van der Waals surface area contributed by atoms with Crippen molar-refractivity contribution in [1.29, 1.82) is 0 Å². The van der Waals surface area contributed by atoms with Crippen molar-refractivity contribution < 1.29 is 9.33 Å². The molecule has 0 amide bonds. The number of hydrogen-bond donors (Lipinski definition) is 1. The van der Waals surface area contributed by atoms with Crippen molar-refractivity contribution in [3.63, 3.8) is 0 Å². The van der Waals surface area contributed by atoms with E-state index in [1.54, 1.807) is 0 Å². The Morgan fingerprint density at radius 3 is 2.86 bits per heavy atom. The molecule has 79 valence electrons. The summed E-state index contributed by atoms with van der Waals surface area (Å²) in [7, 11) is 4.10. The number of hydrogen-bond acceptors (Lipinski definition) is 2. The van der Waals surface area contributed by atoms with Gasteiger partial charge in [-0.2, -0.15) is 4.59 Å². The maximum absolute atomic E-state index is 5.80. The van der Waals surface area contributed by atoms with Gasteiger partial charge in [-0.15, -0.1) is 0 Å². The number of nitrogens with zero attached hydrogens (tertiary/aromatic N) is 1. The minimum Gasteiger partial charge on any atom is -0.447 e. The maximum atomic E-state index is 5.80. The molecule has 1 rings (SSSR count). The van der Waals surface area contributed by atoms with Gasteiger partial charge in [0.15, 0.2) is 7.05 Å². The average molecular weight is 196 g/mol. The number of allylic oxidation sites excluding steroid dienone is 2. The van der Waals surface area contributed by atoms with E-state index in [0.717, 1.165) is 18.8 Å². The van der Waals surface area contributed by atoms with E-state index in [1.165, 1.54) is 0 Å². The topological polar surface area (TPSA) is 21.3 Å². The van der Waals surface area contributed by atoms with E-state index in [0.29, 0.717) is 4.59 Å². The van der Waals surface area contributed by atoms with Gasteiger partial charge in [-0.1, -0.05) is 6.92 Å². The Hall–Kier alpha value is -0.960. The van der Waals surface area contributed by atoms with Crippen molar-refractivity contribution in [1.82, 2.24) is 5.43 Å². The van der Waals surface area contributed by atoms with Crippen LogP contribution in [0.25, 0.3) is 0 Å². The molecule has 0 bridgehead atoms. The average Bonchev–Trinajstić information content (AvgIpc) is 2.21. The summed E-state index contributed by atoms with van der Waals surface area (Å²) in [6, 6.07) is 0. The largest absolute Gasteiger partial charge is 0.447 e. The summed E-state index contributed by atoms with van der Waals surface area (Å²) in [6.45, 7) is 7.11. The SMILES string of the molecule is [CH2][N@@+]1(CC)NC=CC=C1OC(C)CC. The Balaban J connectivity index is 2.72. The van der Waals surface area contributed by atoms with Gasteiger partial charge in [0.1, 0.15) is 12.6 Å². The summed E-state index contributed by atoms with van der Waals surface area (Å²) in [5.74, 6) is 0.879. The highest BCUT2D eigenvalue weighted by atomic mass is 16.5. The van der Waals surface area contributed by atoms with Crippen LogP contribution in [-0.4, -0.2) is 17.2 Å². The van der Waals surface area contributed by atoms with Crippen LogP contribution in [0.4, 0.5) is 0 Å². The van der Waals surface area contributed by atoms with Crippen molar-refractivity contribution in [2.24, 2.45) is 0 Å². The normalized spacial score (nSPS) is 27.9. The van der Waals surface area contributed by atoms with Crippen LogP contribution in [0, 0.1) is 7.05 Å². The monoisotopic (exact) mass is 196 g/mol. The van der Waals surface area contributed by atoms with E-state index in [9.17, 15) is 0 Å². The fraction of sp³-hybridized carbons (Fsp3) is 0.545. The smallest absolute Gasteiger partial charge is 0.316 e. The molecule has 0 aromatic heterocycles. The van der Waals surface area contributed by atoms with Crippen molar-refractivity contribution in [3.05, 3.63) is 31.3 Å². The summed E-state index contributed by atoms with van der Waals surface area (Å²) < 4.78 is 6.19. The molecule has 1 aliphatic rings. The van der Waals surface area contributed by atoms with Gasteiger partial charge < -0.3 is 4.74 Å². The van der Waals surface area contributed by atoms with E-state index in [1.807, 2.05) is 18.4 Å². The summed E-state index contributed by atoms with van der Waals surface area (Å²) >= 11 is 0. The minimum absolute atomic E-state index is 0.236. The van der Waals surface area contributed by atoms with Crippen LogP contribution in [0.1, 0.15) is 27.2 Å². The van der Waals surface area contributed by atoms with E-state index in [-0.39, 0.29) is 6.10 Å². The quantitative estimate of drug-likeness (QED) is 0.697. The molecule has 1 unspecified atom stereocenters. The van der Waals surface area contributed by atoms with Crippen LogP contribution in [0.2, 0.25) is 0 Å². The molecule has 0 aromatic carbocycles. The number of ether oxygens (including phenoxy) is 1. The van der Waals surface area contributed by atoms with Crippen molar-refractivity contribution in [2.45, 2.75) is 33.3 Å². The molecule has 3 heteroatoms. The first-order valence-corrected chi connectivity index (χ1v) is 5.16. The van der Waals surface area contributed by atoms with Crippen LogP contribution in [0.3, 0.4) is 0 Å². The van der Waals surface area contributed by atoms with Crippen molar-refractivity contribution >= 4 is 0 Å². The standard InChI is InChI=1S/C11H20N2O/c1-5-10(3)14-11-8-7-9-12-13(11,4)6-2/h7-10,12H,4-6H2,1-3H3/q+1/t10?,13-/m0/s1. The van der Waals surface area contributed by atoms with Crippen LogP contribution in [-0.2, 0) is 4.74 Å². The molecule has 0 fully saturated rings. The van der Waals surface area contributed by atoms with Gasteiger partial charge in [-0.05, 0) is 26.3 Å². The molecule has 1 N–H and O–H groups in total. The lowest BCUT2D eigenvalue weighted by Gasteiger charge is -2.34. The van der Waals surface area contributed by atoms with Gasteiger partial charge in [0, 0.05) is 12.3 Å². The number of quaternary nitrogens is 1. The second-order valence-electron chi connectivity index (χ2n) is 3.61. The van der Waals surface area contributed by atoms with Gasteiger partial charge in [0.25, 0.3) is 0 Å². The lowest BCUT2D eigenvalue weighted by atomic mass is 10.3. The van der Waals surface area contributed by atoms with Crippen LogP contribution < -0.4 is 5.43 Å².